The van der Waals surface area contributed by atoms with Crippen LogP contribution in [0.25, 0.3) is 0 Å². The van der Waals surface area contributed by atoms with Crippen LogP contribution < -0.4 is 9.80 Å². The van der Waals surface area contributed by atoms with Crippen LogP contribution in [0.1, 0.15) is 27.7 Å². The van der Waals surface area contributed by atoms with E-state index in [-0.39, 0.29) is 10.8 Å². The van der Waals surface area contributed by atoms with Gasteiger partial charge in [-0.15, -0.1) is 0 Å². The zero-order valence-corrected chi connectivity index (χ0v) is 10.2. The highest BCUT2D eigenvalue weighted by Crippen LogP contribution is 2.35. The first-order chi connectivity index (χ1) is 6.78. The molecule has 0 aromatic carbocycles. The molecule has 0 amide bonds. The van der Waals surface area contributed by atoms with Gasteiger partial charge in [-0.1, -0.05) is 0 Å². The lowest BCUT2D eigenvalue weighted by Crippen LogP contribution is -3.48. The van der Waals surface area contributed by atoms with Gasteiger partial charge in [-0.25, -0.2) is 0 Å². The summed E-state index contributed by atoms with van der Waals surface area (Å²) < 4.78 is 0. The Morgan fingerprint density at radius 2 is 1.20 bits per heavy atom. The number of hydrogen-bond acceptors (Lipinski definition) is 1. The minimum atomic E-state index is -0.0363. The molecule has 0 aromatic rings. The molecule has 0 unspecified atom stereocenters. The third-order valence-electron chi connectivity index (χ3n) is 5.28. The van der Waals surface area contributed by atoms with E-state index in [1.165, 1.54) is 0 Å². The first-order valence-corrected chi connectivity index (χ1v) is 6.03. The van der Waals surface area contributed by atoms with Crippen LogP contribution in [0.4, 0.5) is 0 Å². The first-order valence-electron chi connectivity index (χ1n) is 6.03. The fraction of sp³-hybridized carbons (Fsp3) is 0.917. The summed E-state index contributed by atoms with van der Waals surface area (Å²) in [5.74, 6) is 0.540. The Hall–Kier alpha value is -0.410. The van der Waals surface area contributed by atoms with Gasteiger partial charge >= 0.3 is 0 Å². The van der Waals surface area contributed by atoms with E-state index in [0.29, 0.717) is 11.4 Å². The summed E-state index contributed by atoms with van der Waals surface area (Å²) in [5.41, 5.74) is 0.247. The molecule has 4 aliphatic heterocycles. The predicted octanol–water partition coefficient (Wildman–Crippen LogP) is -1.89. The smallest absolute Gasteiger partial charge is 0.216 e. The third-order valence-corrected chi connectivity index (χ3v) is 5.28. The second-order valence-corrected chi connectivity index (χ2v) is 6.99. The Balaban J connectivity index is 2.10. The summed E-state index contributed by atoms with van der Waals surface area (Å²) in [6.07, 6.45) is 0. The molecule has 0 aromatic heterocycles. The van der Waals surface area contributed by atoms with Gasteiger partial charge in [-0.2, -0.15) is 0 Å². The summed E-state index contributed by atoms with van der Waals surface area (Å²) >= 11 is 0. The van der Waals surface area contributed by atoms with E-state index in [1.54, 1.807) is 9.80 Å². The highest BCUT2D eigenvalue weighted by molar-refractivity contribution is 5.91. The van der Waals surface area contributed by atoms with E-state index in [0.717, 1.165) is 26.2 Å². The Morgan fingerprint density at radius 3 is 1.53 bits per heavy atom. The Labute approximate surface area is 91.4 Å². The summed E-state index contributed by atoms with van der Waals surface area (Å²) in [7, 11) is 0. The van der Waals surface area contributed by atoms with Gasteiger partial charge in [0.05, 0.1) is 26.2 Å². The summed E-state index contributed by atoms with van der Waals surface area (Å²) in [6, 6.07) is 0. The maximum atomic E-state index is 12.4. The fourth-order valence-electron chi connectivity index (χ4n) is 4.32. The van der Waals surface area contributed by atoms with Crippen LogP contribution in [0.15, 0.2) is 0 Å². The Morgan fingerprint density at radius 1 is 0.867 bits per heavy atom. The van der Waals surface area contributed by atoms with Crippen molar-refractivity contribution in [1.29, 1.82) is 0 Å². The molecule has 2 N–H and O–H groups in total. The van der Waals surface area contributed by atoms with Crippen LogP contribution in [-0.4, -0.2) is 37.6 Å². The standard InChI is InChI=1S/C12H20N2O/c1-10(2)13-5-11(3)6-14(10)8-12(4,7-13)9(11)15/h5-8H2,1-4H3/p+2. The van der Waals surface area contributed by atoms with Gasteiger partial charge in [0.2, 0.25) is 5.66 Å². The van der Waals surface area contributed by atoms with Crippen molar-refractivity contribution in [2.24, 2.45) is 10.8 Å². The fourth-order valence-corrected chi connectivity index (χ4v) is 4.32. The number of carbonyl (C=O) groups excluding carboxylic acids is 1. The highest BCUT2D eigenvalue weighted by Gasteiger charge is 2.70. The SMILES string of the molecule is CC12C[NH+]3CC(C)(C[NH+](C1)C3(C)C)C2=O. The molecular weight excluding hydrogens is 188 g/mol. The van der Waals surface area contributed by atoms with Crippen molar-refractivity contribution in [2.75, 3.05) is 26.2 Å². The lowest BCUT2D eigenvalue weighted by atomic mass is 9.61. The van der Waals surface area contributed by atoms with Crippen LogP contribution in [-0.2, 0) is 4.79 Å². The van der Waals surface area contributed by atoms with Gasteiger partial charge in [-0.3, -0.25) is 14.6 Å². The predicted molar refractivity (Wildman–Crippen MR) is 56.7 cm³/mol. The number of carbonyl (C=O) groups is 1. The molecule has 3 nitrogen and oxygen atoms in total. The number of quaternary nitrogens is 2. The average Bonchev–Trinajstić information content (AvgIpc) is 2.08. The quantitative estimate of drug-likeness (QED) is 0.481. The van der Waals surface area contributed by atoms with E-state index >= 15 is 0 Å². The number of piperidine rings is 2. The van der Waals surface area contributed by atoms with Crippen LogP contribution >= 0.6 is 0 Å². The zero-order valence-electron chi connectivity index (χ0n) is 10.2. The lowest BCUT2D eigenvalue weighted by Gasteiger charge is -2.62. The lowest BCUT2D eigenvalue weighted by molar-refractivity contribution is -1.20. The van der Waals surface area contributed by atoms with Gasteiger partial charge in [0.1, 0.15) is 10.8 Å². The van der Waals surface area contributed by atoms with E-state index in [9.17, 15) is 4.79 Å². The van der Waals surface area contributed by atoms with Crippen molar-refractivity contribution in [1.82, 2.24) is 0 Å². The largest absolute Gasteiger partial charge is 0.297 e. The van der Waals surface area contributed by atoms with Crippen molar-refractivity contribution in [3.8, 4) is 0 Å². The van der Waals surface area contributed by atoms with Crippen LogP contribution in [0.2, 0.25) is 0 Å². The van der Waals surface area contributed by atoms with Gasteiger partial charge in [-0.05, 0) is 13.8 Å². The maximum Gasteiger partial charge on any atom is 0.216 e. The van der Waals surface area contributed by atoms with Crippen molar-refractivity contribution in [3.05, 3.63) is 0 Å². The summed E-state index contributed by atoms with van der Waals surface area (Å²) in [4.78, 5) is 15.7. The Bertz CT molecular complexity index is 306. The molecule has 4 bridgehead atoms. The molecule has 4 heterocycles. The van der Waals surface area contributed by atoms with Crippen LogP contribution in [0, 0.1) is 10.8 Å². The minimum Gasteiger partial charge on any atom is -0.297 e. The second kappa shape index (κ2) is 2.30. The molecule has 0 aliphatic carbocycles. The monoisotopic (exact) mass is 210 g/mol. The molecule has 15 heavy (non-hydrogen) atoms. The molecule has 0 saturated carbocycles. The van der Waals surface area contributed by atoms with Crippen molar-refractivity contribution in [3.63, 3.8) is 0 Å². The highest BCUT2D eigenvalue weighted by atomic mass is 16.1. The second-order valence-electron chi connectivity index (χ2n) is 6.99. The topological polar surface area (TPSA) is 26.0 Å². The van der Waals surface area contributed by atoms with E-state index < -0.39 is 0 Å². The van der Waals surface area contributed by atoms with Gasteiger partial charge in [0.25, 0.3) is 0 Å². The van der Waals surface area contributed by atoms with Gasteiger partial charge < -0.3 is 0 Å². The number of rotatable bonds is 0. The normalized spacial score (nSPS) is 56.1. The number of Topliss-reactive ketones (excluding diaryl/α,β-unsaturated/α-hetero) is 1. The van der Waals surface area contributed by atoms with E-state index in [2.05, 4.69) is 27.7 Å². The van der Waals surface area contributed by atoms with Crippen LogP contribution in [0.3, 0.4) is 0 Å². The van der Waals surface area contributed by atoms with Crippen molar-refractivity contribution in [2.45, 2.75) is 33.4 Å². The molecule has 4 fully saturated rings. The molecule has 4 saturated heterocycles. The summed E-state index contributed by atoms with van der Waals surface area (Å²) in [5, 5.41) is 0. The van der Waals surface area contributed by atoms with Gasteiger partial charge in [0.15, 0.2) is 5.78 Å². The number of nitrogens with one attached hydrogen (secondary N) is 2. The molecule has 4 rings (SSSR count). The molecule has 3 heteroatoms. The van der Waals surface area contributed by atoms with E-state index in [1.807, 2.05) is 0 Å². The van der Waals surface area contributed by atoms with Gasteiger partial charge in [0, 0.05) is 13.8 Å². The summed E-state index contributed by atoms with van der Waals surface area (Å²) in [6.45, 7) is 13.3. The molecule has 0 spiro atoms. The van der Waals surface area contributed by atoms with E-state index in [4.69, 9.17) is 0 Å². The molecular formula is C12H22N2O+2. The minimum absolute atomic E-state index is 0.0363. The number of hydrogen-bond donors (Lipinski definition) is 2. The zero-order chi connectivity index (χ0) is 11.1. The third kappa shape index (κ3) is 0.961. The number of ketones is 1. The first kappa shape index (κ1) is 9.79. The average molecular weight is 210 g/mol. The Kier molecular flexibility index (Phi) is 1.50. The van der Waals surface area contributed by atoms with Crippen molar-refractivity contribution < 1.29 is 14.6 Å². The molecule has 4 aliphatic rings. The molecule has 0 radical (unpaired) electrons. The van der Waals surface area contributed by atoms with Crippen LogP contribution in [0.5, 0.6) is 0 Å². The molecule has 0 atom stereocenters. The van der Waals surface area contributed by atoms with Crippen molar-refractivity contribution >= 4 is 5.78 Å². The maximum absolute atomic E-state index is 12.4. The molecule has 84 valence electrons.